The lowest BCUT2D eigenvalue weighted by atomic mass is 10.0. The Balaban J connectivity index is 1.45. The minimum Gasteiger partial charge on any atom is -0.506 e. The highest BCUT2D eigenvalue weighted by Gasteiger charge is 2.19. The number of unbranched alkanes of at least 4 members (excludes halogenated alkanes) is 1. The minimum atomic E-state index is -0.235. The topological polar surface area (TPSA) is 94.7 Å². The van der Waals surface area contributed by atoms with Gasteiger partial charge in [0.1, 0.15) is 5.75 Å². The second-order valence-electron chi connectivity index (χ2n) is 9.53. The summed E-state index contributed by atoms with van der Waals surface area (Å²) in [5, 5.41) is 14.4. The first-order valence-corrected chi connectivity index (χ1v) is 13.4. The van der Waals surface area contributed by atoms with E-state index in [0.29, 0.717) is 38.2 Å². The number of nitrogens with one attached hydrogen (secondary N) is 2. The summed E-state index contributed by atoms with van der Waals surface area (Å²) >= 11 is 0. The Morgan fingerprint density at radius 1 is 1.05 bits per heavy atom. The second-order valence-corrected chi connectivity index (χ2v) is 9.53. The number of hydrogen-bond donors (Lipinski definition) is 3. The Hall–Kier alpha value is -3.16. The number of H-pyrrole nitrogens is 1. The lowest BCUT2D eigenvalue weighted by molar-refractivity contribution is -0.134. The summed E-state index contributed by atoms with van der Waals surface area (Å²) in [5.74, 6) is 0.210. The van der Waals surface area contributed by atoms with Gasteiger partial charge in [-0.25, -0.2) is 0 Å². The summed E-state index contributed by atoms with van der Waals surface area (Å²) in [4.78, 5) is 29.4. The molecular weight excluding hydrogens is 466 g/mol. The van der Waals surface area contributed by atoms with E-state index in [9.17, 15) is 14.7 Å². The molecule has 0 fully saturated rings. The van der Waals surface area contributed by atoms with Gasteiger partial charge in [-0.1, -0.05) is 56.2 Å². The van der Waals surface area contributed by atoms with Crippen LogP contribution in [-0.4, -0.2) is 59.8 Å². The van der Waals surface area contributed by atoms with Crippen molar-refractivity contribution in [1.29, 1.82) is 0 Å². The molecule has 0 saturated heterocycles. The normalized spacial score (nSPS) is 12.1. The van der Waals surface area contributed by atoms with Gasteiger partial charge in [0, 0.05) is 30.6 Å². The third-order valence-corrected chi connectivity index (χ3v) is 6.73. The van der Waals surface area contributed by atoms with Crippen molar-refractivity contribution in [2.45, 2.75) is 58.4 Å². The van der Waals surface area contributed by atoms with Crippen molar-refractivity contribution in [1.82, 2.24) is 15.2 Å². The number of rotatable bonds is 16. The quantitative estimate of drug-likeness (QED) is 0.250. The Bertz CT molecular complexity index is 1160. The van der Waals surface area contributed by atoms with Crippen molar-refractivity contribution in [3.8, 4) is 5.75 Å². The summed E-state index contributed by atoms with van der Waals surface area (Å²) in [6.07, 6.45) is 5.19. The molecule has 0 aliphatic carbocycles. The molecule has 1 atom stereocenters. The van der Waals surface area contributed by atoms with Crippen LogP contribution in [0.15, 0.2) is 59.4 Å². The number of phenols is 1. The molecule has 7 heteroatoms. The van der Waals surface area contributed by atoms with Crippen LogP contribution in [0.3, 0.4) is 0 Å². The van der Waals surface area contributed by atoms with Crippen molar-refractivity contribution in [3.63, 3.8) is 0 Å². The van der Waals surface area contributed by atoms with Crippen molar-refractivity contribution >= 4 is 16.8 Å². The molecule has 7 nitrogen and oxygen atoms in total. The van der Waals surface area contributed by atoms with Crippen LogP contribution in [0.5, 0.6) is 5.75 Å². The SMILES string of the molecule is CCCCC(C)N(CCNCCc1ccc(O)c2[nH]c(=O)ccc12)C(=O)CCOCCc1ccccc1. The first-order valence-electron chi connectivity index (χ1n) is 13.4. The molecule has 3 N–H and O–H groups in total. The molecule has 0 aliphatic heterocycles. The number of phenolic OH excluding ortho intramolecular Hbond substituents is 1. The van der Waals surface area contributed by atoms with Crippen LogP contribution < -0.4 is 10.9 Å². The van der Waals surface area contributed by atoms with E-state index in [1.165, 1.54) is 11.6 Å². The highest BCUT2D eigenvalue weighted by molar-refractivity contribution is 5.87. The summed E-state index contributed by atoms with van der Waals surface area (Å²) in [6, 6.07) is 17.2. The van der Waals surface area contributed by atoms with Gasteiger partial charge in [0.2, 0.25) is 11.5 Å². The zero-order valence-corrected chi connectivity index (χ0v) is 22.2. The second kappa shape index (κ2) is 15.2. The number of carbonyl (C=O) groups is 1. The molecule has 1 aromatic heterocycles. The van der Waals surface area contributed by atoms with E-state index in [4.69, 9.17) is 4.74 Å². The number of nitrogens with zero attached hydrogens (tertiary/aromatic N) is 1. The van der Waals surface area contributed by atoms with E-state index < -0.39 is 0 Å². The highest BCUT2D eigenvalue weighted by atomic mass is 16.5. The van der Waals surface area contributed by atoms with E-state index in [1.54, 1.807) is 12.1 Å². The number of aromatic nitrogens is 1. The maximum absolute atomic E-state index is 13.0. The molecule has 3 aromatic rings. The molecule has 0 bridgehead atoms. The largest absolute Gasteiger partial charge is 0.506 e. The molecule has 2 aromatic carbocycles. The average Bonchev–Trinajstić information content (AvgIpc) is 2.91. The summed E-state index contributed by atoms with van der Waals surface area (Å²) in [5.41, 5.74) is 2.52. The van der Waals surface area contributed by atoms with E-state index in [1.807, 2.05) is 29.2 Å². The van der Waals surface area contributed by atoms with Crippen LogP contribution in [0.1, 0.15) is 50.7 Å². The molecule has 37 heavy (non-hydrogen) atoms. The number of aromatic amines is 1. The number of carbonyl (C=O) groups excluding carboxylic acids is 1. The first kappa shape index (κ1) is 28.4. The van der Waals surface area contributed by atoms with Gasteiger partial charge in [-0.3, -0.25) is 9.59 Å². The fourth-order valence-electron chi connectivity index (χ4n) is 4.55. The van der Waals surface area contributed by atoms with Crippen LogP contribution in [0, 0.1) is 0 Å². The molecular formula is C30H41N3O4. The van der Waals surface area contributed by atoms with Crippen LogP contribution in [0.25, 0.3) is 10.9 Å². The Labute approximate surface area is 219 Å². The molecule has 0 radical (unpaired) electrons. The number of amides is 1. The van der Waals surface area contributed by atoms with Gasteiger partial charge in [0.15, 0.2) is 0 Å². The summed E-state index contributed by atoms with van der Waals surface area (Å²) in [6.45, 7) is 7.43. The smallest absolute Gasteiger partial charge is 0.248 e. The zero-order chi connectivity index (χ0) is 26.5. The first-order chi connectivity index (χ1) is 18.0. The Morgan fingerprint density at radius 3 is 2.65 bits per heavy atom. The third-order valence-electron chi connectivity index (χ3n) is 6.73. The van der Waals surface area contributed by atoms with Crippen LogP contribution in [0.4, 0.5) is 0 Å². The minimum absolute atomic E-state index is 0.0728. The van der Waals surface area contributed by atoms with Gasteiger partial charge in [-0.15, -0.1) is 0 Å². The number of ether oxygens (including phenoxy) is 1. The molecule has 3 rings (SSSR count). The molecule has 0 saturated carbocycles. The Kier molecular flexibility index (Phi) is 11.7. The van der Waals surface area contributed by atoms with Crippen molar-refractivity contribution in [2.24, 2.45) is 0 Å². The van der Waals surface area contributed by atoms with Crippen molar-refractivity contribution in [3.05, 3.63) is 76.1 Å². The number of benzene rings is 2. The highest BCUT2D eigenvalue weighted by Crippen LogP contribution is 2.24. The molecule has 200 valence electrons. The maximum Gasteiger partial charge on any atom is 0.248 e. The van der Waals surface area contributed by atoms with Gasteiger partial charge >= 0.3 is 0 Å². The molecule has 1 heterocycles. The van der Waals surface area contributed by atoms with Crippen molar-refractivity contribution < 1.29 is 14.6 Å². The predicted molar refractivity (Wildman–Crippen MR) is 149 cm³/mol. The molecule has 0 spiro atoms. The van der Waals surface area contributed by atoms with Gasteiger partial charge in [-0.2, -0.15) is 0 Å². The van der Waals surface area contributed by atoms with E-state index in [-0.39, 0.29) is 23.3 Å². The van der Waals surface area contributed by atoms with Crippen LogP contribution in [-0.2, 0) is 22.4 Å². The van der Waals surface area contributed by atoms with E-state index >= 15 is 0 Å². The van der Waals surface area contributed by atoms with E-state index in [2.05, 4.69) is 36.3 Å². The van der Waals surface area contributed by atoms with E-state index in [0.717, 1.165) is 49.6 Å². The lowest BCUT2D eigenvalue weighted by Gasteiger charge is -2.30. The maximum atomic E-state index is 13.0. The zero-order valence-electron chi connectivity index (χ0n) is 22.2. The summed E-state index contributed by atoms with van der Waals surface area (Å²) < 4.78 is 5.76. The van der Waals surface area contributed by atoms with Gasteiger partial charge in [-0.05, 0) is 56.0 Å². The van der Waals surface area contributed by atoms with Crippen LogP contribution >= 0.6 is 0 Å². The number of pyridine rings is 1. The Morgan fingerprint density at radius 2 is 1.86 bits per heavy atom. The van der Waals surface area contributed by atoms with Gasteiger partial charge in [0.25, 0.3) is 0 Å². The fraction of sp³-hybridized carbons (Fsp3) is 0.467. The fourth-order valence-corrected chi connectivity index (χ4v) is 4.55. The number of hydrogen-bond acceptors (Lipinski definition) is 5. The lowest BCUT2D eigenvalue weighted by Crippen LogP contribution is -2.43. The standard InChI is InChI=1S/C30H41N3O4/c1-3-4-8-23(2)33(29(36)17-22-37-21-16-24-9-6-5-7-10-24)20-19-31-18-15-25-11-13-27(34)30-26(25)12-14-28(35)32-30/h5-7,9-14,23,31,34H,3-4,8,15-22H2,1-2H3,(H,32,35). The van der Waals surface area contributed by atoms with Crippen LogP contribution in [0.2, 0.25) is 0 Å². The van der Waals surface area contributed by atoms with Gasteiger partial charge < -0.3 is 25.0 Å². The molecule has 1 unspecified atom stereocenters. The predicted octanol–water partition coefficient (Wildman–Crippen LogP) is 4.42. The third kappa shape index (κ3) is 9.02. The monoisotopic (exact) mass is 507 g/mol. The molecule has 0 aliphatic rings. The van der Waals surface area contributed by atoms with Crippen molar-refractivity contribution in [2.75, 3.05) is 32.8 Å². The summed E-state index contributed by atoms with van der Waals surface area (Å²) in [7, 11) is 0. The molecule has 1 amide bonds. The average molecular weight is 508 g/mol. The number of fused-ring (bicyclic) bond motifs is 1. The van der Waals surface area contributed by atoms with Gasteiger partial charge in [0.05, 0.1) is 25.2 Å². The number of aromatic hydroxyl groups is 1.